The first kappa shape index (κ1) is 17.8. The monoisotopic (exact) mass is 354 g/mol. The number of ether oxygens (including phenoxy) is 2. The van der Waals surface area contributed by atoms with Crippen molar-refractivity contribution in [3.63, 3.8) is 0 Å². The summed E-state index contributed by atoms with van der Waals surface area (Å²) in [7, 11) is 1.42. The Balaban J connectivity index is 2.32. The Morgan fingerprint density at radius 2 is 2.08 bits per heavy atom. The van der Waals surface area contributed by atoms with Gasteiger partial charge in [0.15, 0.2) is 6.10 Å². The first-order valence-electron chi connectivity index (χ1n) is 6.85. The molecule has 0 radical (unpaired) electrons. The third kappa shape index (κ3) is 3.69. The molecule has 1 heterocycles. The van der Waals surface area contributed by atoms with Gasteiger partial charge in [-0.2, -0.15) is 0 Å². The van der Waals surface area contributed by atoms with E-state index in [9.17, 15) is 18.8 Å². The maximum absolute atomic E-state index is 14.1. The van der Waals surface area contributed by atoms with E-state index in [1.54, 1.807) is 6.07 Å². The van der Waals surface area contributed by atoms with Crippen molar-refractivity contribution >= 4 is 39.3 Å². The lowest BCUT2D eigenvalue weighted by Gasteiger charge is -2.12. The van der Waals surface area contributed by atoms with Crippen LogP contribution in [0.5, 0.6) is 0 Å². The number of carbonyl (C=O) groups excluding carboxylic acids is 3. The molecule has 9 heteroatoms. The van der Waals surface area contributed by atoms with Crippen LogP contribution in [0, 0.1) is 5.82 Å². The summed E-state index contributed by atoms with van der Waals surface area (Å²) in [6, 6.07) is 3.43. The van der Waals surface area contributed by atoms with Crippen LogP contribution in [0.4, 0.5) is 9.18 Å². The van der Waals surface area contributed by atoms with Gasteiger partial charge in [0.25, 0.3) is 5.91 Å². The molecule has 0 saturated heterocycles. The molecule has 0 unspecified atom stereocenters. The van der Waals surface area contributed by atoms with Crippen LogP contribution in [0.1, 0.15) is 22.2 Å². The van der Waals surface area contributed by atoms with Crippen LogP contribution < -0.4 is 11.1 Å². The number of primary amides is 1. The first-order valence-corrected chi connectivity index (χ1v) is 7.67. The van der Waals surface area contributed by atoms with E-state index in [1.807, 2.05) is 5.32 Å². The molecule has 0 saturated carbocycles. The number of thiophene rings is 1. The molecule has 3 N–H and O–H groups in total. The van der Waals surface area contributed by atoms with E-state index >= 15 is 0 Å². The number of urea groups is 1. The number of rotatable bonds is 5. The van der Waals surface area contributed by atoms with Gasteiger partial charge in [0.05, 0.1) is 6.61 Å². The highest BCUT2D eigenvalue weighted by Crippen LogP contribution is 2.34. The quantitative estimate of drug-likeness (QED) is 0.798. The van der Waals surface area contributed by atoms with Crippen molar-refractivity contribution in [2.45, 2.75) is 19.6 Å². The summed E-state index contributed by atoms with van der Waals surface area (Å²) < 4.78 is 24.7. The predicted octanol–water partition coefficient (Wildman–Crippen LogP) is 1.93. The zero-order chi connectivity index (χ0) is 17.9. The fourth-order valence-electron chi connectivity index (χ4n) is 2.10. The second-order valence-corrected chi connectivity index (χ2v) is 5.91. The molecule has 0 spiro atoms. The maximum atomic E-state index is 14.1. The van der Waals surface area contributed by atoms with E-state index in [0.717, 1.165) is 11.3 Å². The number of hydrogen-bond donors (Lipinski definition) is 2. The van der Waals surface area contributed by atoms with Crippen molar-refractivity contribution < 1.29 is 28.2 Å². The Hall–Kier alpha value is -2.52. The summed E-state index contributed by atoms with van der Waals surface area (Å²) in [5.41, 5.74) is 5.19. The molecule has 0 aliphatic carbocycles. The van der Waals surface area contributed by atoms with E-state index in [2.05, 4.69) is 0 Å². The molecule has 0 aliphatic rings. The van der Waals surface area contributed by atoms with E-state index in [1.165, 1.54) is 26.2 Å². The number of benzene rings is 1. The van der Waals surface area contributed by atoms with E-state index in [4.69, 9.17) is 15.2 Å². The zero-order valence-electron chi connectivity index (χ0n) is 12.9. The number of esters is 1. The summed E-state index contributed by atoms with van der Waals surface area (Å²) in [6.07, 6.45) is -1.24. The van der Waals surface area contributed by atoms with Crippen LogP contribution in [-0.4, -0.2) is 31.1 Å². The van der Waals surface area contributed by atoms with Gasteiger partial charge in [0, 0.05) is 22.8 Å². The molecule has 0 aliphatic heterocycles. The molecular formula is C15H15FN2O5S. The zero-order valence-corrected chi connectivity index (χ0v) is 13.7. The molecule has 1 atom stereocenters. The number of fused-ring (bicyclic) bond motifs is 1. The average Bonchev–Trinajstić information content (AvgIpc) is 2.87. The number of amides is 3. The number of halogens is 1. The topological polar surface area (TPSA) is 108 Å². The van der Waals surface area contributed by atoms with Gasteiger partial charge >= 0.3 is 12.0 Å². The molecule has 24 heavy (non-hydrogen) atoms. The van der Waals surface area contributed by atoms with Crippen molar-refractivity contribution in [3.05, 3.63) is 34.5 Å². The van der Waals surface area contributed by atoms with Crippen molar-refractivity contribution in [1.29, 1.82) is 0 Å². The number of nitrogens with two attached hydrogens (primary N) is 1. The Kier molecular flexibility index (Phi) is 5.47. The fourth-order valence-corrected chi connectivity index (χ4v) is 3.21. The summed E-state index contributed by atoms with van der Waals surface area (Å²) >= 11 is 1.04. The van der Waals surface area contributed by atoms with Crippen LogP contribution >= 0.6 is 11.3 Å². The second-order valence-electron chi connectivity index (χ2n) is 4.86. The normalized spacial score (nSPS) is 12.0. The summed E-state index contributed by atoms with van der Waals surface area (Å²) in [5.74, 6) is -2.14. The number of hydrogen-bond acceptors (Lipinski definition) is 6. The molecule has 1 aromatic carbocycles. The molecule has 2 rings (SSSR count). The van der Waals surface area contributed by atoms with Gasteiger partial charge in [-0.05, 0) is 19.1 Å². The average molecular weight is 354 g/mol. The van der Waals surface area contributed by atoms with E-state index < -0.39 is 29.8 Å². The minimum absolute atomic E-state index is 0.00717. The fraction of sp³-hybridized carbons (Fsp3) is 0.267. The predicted molar refractivity (Wildman–Crippen MR) is 85.1 cm³/mol. The highest BCUT2D eigenvalue weighted by atomic mass is 32.1. The smallest absolute Gasteiger partial charge is 0.349 e. The maximum Gasteiger partial charge on any atom is 0.349 e. The van der Waals surface area contributed by atoms with E-state index in [-0.39, 0.29) is 16.9 Å². The Morgan fingerprint density at radius 3 is 2.71 bits per heavy atom. The van der Waals surface area contributed by atoms with Crippen LogP contribution in [0.25, 0.3) is 10.1 Å². The minimum Gasteiger partial charge on any atom is -0.448 e. The second kappa shape index (κ2) is 7.37. The number of imide groups is 1. The lowest BCUT2D eigenvalue weighted by atomic mass is 10.1. The molecule has 7 nitrogen and oxygen atoms in total. The Bertz CT molecular complexity index is 805. The largest absolute Gasteiger partial charge is 0.448 e. The van der Waals surface area contributed by atoms with Gasteiger partial charge in [-0.15, -0.1) is 11.3 Å². The standard InChI is InChI=1S/C15H15FN2O5S/c1-7(13(19)18-15(17)21)23-14(20)12-8(6-22-2)11-9(16)4-3-5-10(11)24-12/h3-5,7H,6H2,1-2H3,(H3,17,18,19,21)/t7-/m1/s1. The molecule has 0 bridgehead atoms. The minimum atomic E-state index is -1.24. The summed E-state index contributed by atoms with van der Waals surface area (Å²) in [5, 5.41) is 2.10. The molecule has 1 aromatic heterocycles. The number of carbonyl (C=O) groups is 3. The summed E-state index contributed by atoms with van der Waals surface area (Å²) in [4.78, 5) is 34.7. The Morgan fingerprint density at radius 1 is 1.38 bits per heavy atom. The van der Waals surface area contributed by atoms with Crippen molar-refractivity contribution in [1.82, 2.24) is 5.32 Å². The summed E-state index contributed by atoms with van der Waals surface area (Å²) in [6.45, 7) is 1.30. The molecule has 3 amide bonds. The highest BCUT2D eigenvalue weighted by Gasteiger charge is 2.25. The first-order chi connectivity index (χ1) is 11.3. The third-order valence-electron chi connectivity index (χ3n) is 3.14. The molecule has 128 valence electrons. The van der Waals surface area contributed by atoms with Gasteiger partial charge in [-0.3, -0.25) is 10.1 Å². The highest BCUT2D eigenvalue weighted by molar-refractivity contribution is 7.21. The van der Waals surface area contributed by atoms with E-state index in [0.29, 0.717) is 10.3 Å². The van der Waals surface area contributed by atoms with Crippen LogP contribution in [0.15, 0.2) is 18.2 Å². The number of methoxy groups -OCH3 is 1. The Labute approximate surface area is 140 Å². The van der Waals surface area contributed by atoms with Gasteiger partial charge in [-0.1, -0.05) is 6.07 Å². The van der Waals surface area contributed by atoms with Crippen LogP contribution in [-0.2, 0) is 20.9 Å². The lowest BCUT2D eigenvalue weighted by Crippen LogP contribution is -2.42. The van der Waals surface area contributed by atoms with Gasteiger partial charge in [0.1, 0.15) is 10.7 Å². The third-order valence-corrected chi connectivity index (χ3v) is 4.31. The van der Waals surface area contributed by atoms with Gasteiger partial charge in [-0.25, -0.2) is 14.0 Å². The van der Waals surface area contributed by atoms with Gasteiger partial charge in [0.2, 0.25) is 0 Å². The molecule has 0 fully saturated rings. The van der Waals surface area contributed by atoms with Crippen molar-refractivity contribution in [3.8, 4) is 0 Å². The SMILES string of the molecule is COCc1c(C(=O)O[C@H](C)C(=O)NC(N)=O)sc2cccc(F)c12. The van der Waals surface area contributed by atoms with Crippen molar-refractivity contribution in [2.75, 3.05) is 7.11 Å². The molecule has 2 aromatic rings. The van der Waals surface area contributed by atoms with Crippen LogP contribution in [0.2, 0.25) is 0 Å². The van der Waals surface area contributed by atoms with Crippen molar-refractivity contribution in [2.24, 2.45) is 5.73 Å². The molecular weight excluding hydrogens is 339 g/mol. The number of nitrogens with one attached hydrogen (secondary N) is 1. The van der Waals surface area contributed by atoms with Crippen LogP contribution in [0.3, 0.4) is 0 Å². The lowest BCUT2D eigenvalue weighted by molar-refractivity contribution is -0.127. The van der Waals surface area contributed by atoms with Gasteiger partial charge < -0.3 is 15.2 Å².